The average Bonchev–Trinajstić information content (AvgIpc) is 2.74. The normalized spacial score (nSPS) is 20.2. The summed E-state index contributed by atoms with van der Waals surface area (Å²) in [6.45, 7) is -1.79. The summed E-state index contributed by atoms with van der Waals surface area (Å²) in [6.07, 6.45) is -14.0. The van der Waals surface area contributed by atoms with Crippen molar-refractivity contribution in [3.05, 3.63) is 0 Å². The van der Waals surface area contributed by atoms with Crippen LogP contribution in [-0.2, 0) is 9.59 Å². The van der Waals surface area contributed by atoms with Gasteiger partial charge in [-0.25, -0.2) is 10.9 Å². The van der Waals surface area contributed by atoms with Crippen molar-refractivity contribution in [2.45, 2.75) is 48.8 Å². The number of carbonyl (C=O) groups excluding carboxylic acids is 2. The van der Waals surface area contributed by atoms with Gasteiger partial charge in [0, 0.05) is 0 Å². The highest BCUT2D eigenvalue weighted by Gasteiger charge is 2.30. The van der Waals surface area contributed by atoms with Gasteiger partial charge in [0.15, 0.2) is 0 Å². The van der Waals surface area contributed by atoms with Crippen LogP contribution in [-0.4, -0.2) is 137 Å². The molecule has 16 heteroatoms. The van der Waals surface area contributed by atoms with Gasteiger partial charge in [-0.15, -0.1) is 0 Å². The van der Waals surface area contributed by atoms with Crippen molar-refractivity contribution >= 4 is 24.2 Å². The van der Waals surface area contributed by atoms with E-state index in [1.807, 2.05) is 0 Å². The number of hydrazone groups is 2. The number of aliphatic hydroxyl groups is 10. The van der Waals surface area contributed by atoms with E-state index in [1.165, 1.54) is 0 Å². The third kappa shape index (κ3) is 9.13. The quantitative estimate of drug-likeness (QED) is 0.0762. The molecule has 0 saturated heterocycles. The summed E-state index contributed by atoms with van der Waals surface area (Å²) in [4.78, 5) is 22.9. The van der Waals surface area contributed by atoms with Crippen molar-refractivity contribution in [3.63, 3.8) is 0 Å². The molecule has 0 unspecified atom stereocenters. The molecule has 16 nitrogen and oxygen atoms in total. The largest absolute Gasteiger partial charge is 0.394 e. The van der Waals surface area contributed by atoms with Gasteiger partial charge in [0.05, 0.1) is 25.6 Å². The Labute approximate surface area is 169 Å². The molecule has 0 aliphatic rings. The van der Waals surface area contributed by atoms with Crippen LogP contribution >= 0.6 is 0 Å². The summed E-state index contributed by atoms with van der Waals surface area (Å²) in [7, 11) is 0. The highest BCUT2D eigenvalue weighted by Crippen LogP contribution is 2.04. The molecule has 2 amide bonds. The molecule has 0 heterocycles. The van der Waals surface area contributed by atoms with E-state index < -0.39 is 73.9 Å². The van der Waals surface area contributed by atoms with Crippen molar-refractivity contribution < 1.29 is 60.7 Å². The molecule has 0 aromatic carbocycles. The predicted octanol–water partition coefficient (Wildman–Crippen LogP) is -7.94. The number of hydrogen-bond acceptors (Lipinski definition) is 14. The van der Waals surface area contributed by atoms with Crippen LogP contribution < -0.4 is 10.9 Å². The zero-order valence-electron chi connectivity index (χ0n) is 15.4. The Morgan fingerprint density at radius 2 is 0.933 bits per heavy atom. The SMILES string of the molecule is O=C(NN=C[C@H](O)[C@@H](O)[C@H](O)[C@H](O)CO)C(=O)NN=C[C@H](O)[C@@H](O)[C@H](O)[C@H](O)CO. The fraction of sp³-hybridized carbons (Fsp3) is 0.714. The zero-order valence-corrected chi connectivity index (χ0v) is 15.4. The van der Waals surface area contributed by atoms with Gasteiger partial charge < -0.3 is 51.1 Å². The first-order valence-corrected chi connectivity index (χ1v) is 8.30. The molecule has 0 radical (unpaired) electrons. The molecule has 0 fully saturated rings. The first-order valence-electron chi connectivity index (χ1n) is 8.30. The number of amides is 2. The summed E-state index contributed by atoms with van der Waals surface area (Å²) in [6, 6.07) is 0. The Kier molecular flexibility index (Phi) is 13.0. The summed E-state index contributed by atoms with van der Waals surface area (Å²) in [5, 5.41) is 98.6. The number of hydrogen-bond donors (Lipinski definition) is 12. The molecule has 0 aromatic heterocycles. The number of aliphatic hydroxyl groups excluding tert-OH is 10. The van der Waals surface area contributed by atoms with E-state index in [0.717, 1.165) is 0 Å². The van der Waals surface area contributed by atoms with Gasteiger partial charge in [0.25, 0.3) is 0 Å². The first-order chi connectivity index (χ1) is 14.0. The Balaban J connectivity index is 4.53. The molecular weight excluding hydrogens is 416 g/mol. The Morgan fingerprint density at radius 3 is 1.20 bits per heavy atom. The summed E-state index contributed by atoms with van der Waals surface area (Å²) >= 11 is 0. The van der Waals surface area contributed by atoms with Gasteiger partial charge in [0.2, 0.25) is 0 Å². The smallest absolute Gasteiger partial charge is 0.331 e. The second-order valence-electron chi connectivity index (χ2n) is 5.88. The maximum Gasteiger partial charge on any atom is 0.331 e. The zero-order chi connectivity index (χ0) is 23.4. The lowest BCUT2D eigenvalue weighted by atomic mass is 10.0. The Hall–Kier alpha value is -2.12. The van der Waals surface area contributed by atoms with Gasteiger partial charge in [-0.3, -0.25) is 9.59 Å². The third-order valence-electron chi connectivity index (χ3n) is 3.56. The van der Waals surface area contributed by atoms with Gasteiger partial charge >= 0.3 is 11.8 Å². The first kappa shape index (κ1) is 27.9. The minimum absolute atomic E-state index is 0.514. The molecular formula is C14H26N4O12. The van der Waals surface area contributed by atoms with Crippen molar-refractivity contribution in [2.24, 2.45) is 10.2 Å². The van der Waals surface area contributed by atoms with Crippen molar-refractivity contribution in [1.82, 2.24) is 10.9 Å². The average molecular weight is 442 g/mol. The van der Waals surface area contributed by atoms with Crippen LogP contribution in [0.25, 0.3) is 0 Å². The molecule has 0 bridgehead atoms. The minimum atomic E-state index is -1.97. The topological polar surface area (TPSA) is 285 Å². The van der Waals surface area contributed by atoms with Crippen LogP contribution in [0.3, 0.4) is 0 Å². The van der Waals surface area contributed by atoms with E-state index in [2.05, 4.69) is 10.2 Å². The lowest BCUT2D eigenvalue weighted by Crippen LogP contribution is -2.47. The highest BCUT2D eigenvalue weighted by molar-refractivity contribution is 6.35. The van der Waals surface area contributed by atoms with E-state index in [0.29, 0.717) is 12.4 Å². The second-order valence-corrected chi connectivity index (χ2v) is 5.88. The molecule has 0 aliphatic carbocycles. The number of rotatable bonds is 12. The molecule has 174 valence electrons. The van der Waals surface area contributed by atoms with E-state index in [-0.39, 0.29) is 0 Å². The van der Waals surface area contributed by atoms with Gasteiger partial charge in [0.1, 0.15) is 48.8 Å². The Bertz CT molecular complexity index is 541. The monoisotopic (exact) mass is 442 g/mol. The molecule has 12 N–H and O–H groups in total. The summed E-state index contributed by atoms with van der Waals surface area (Å²) in [5.74, 6) is -2.85. The fourth-order valence-electron chi connectivity index (χ4n) is 1.70. The predicted molar refractivity (Wildman–Crippen MR) is 95.5 cm³/mol. The number of nitrogens with one attached hydrogen (secondary N) is 2. The van der Waals surface area contributed by atoms with E-state index >= 15 is 0 Å². The standard InChI is InChI=1S/C14H26N4O12/c19-3-7(23)11(27)9(25)5(21)1-15-17-13(29)14(30)18-16-2-6(22)10(26)12(28)8(24)4-20/h1-2,5-12,19-28H,3-4H2,(H,17,29)(H,18,30)/t5-,6-,7+,8+,9+,10+,11+,12+/m0/s1. The van der Waals surface area contributed by atoms with E-state index in [4.69, 9.17) is 20.4 Å². The van der Waals surface area contributed by atoms with Gasteiger partial charge in [-0.1, -0.05) is 0 Å². The Morgan fingerprint density at radius 1 is 0.633 bits per heavy atom. The molecule has 0 aromatic rings. The highest BCUT2D eigenvalue weighted by atomic mass is 16.4. The molecule has 0 saturated carbocycles. The van der Waals surface area contributed by atoms with Crippen LogP contribution in [0.2, 0.25) is 0 Å². The van der Waals surface area contributed by atoms with Crippen molar-refractivity contribution in [1.29, 1.82) is 0 Å². The van der Waals surface area contributed by atoms with Crippen LogP contribution in [0.5, 0.6) is 0 Å². The van der Waals surface area contributed by atoms with Crippen molar-refractivity contribution in [2.75, 3.05) is 13.2 Å². The summed E-state index contributed by atoms with van der Waals surface area (Å²) < 4.78 is 0. The van der Waals surface area contributed by atoms with Gasteiger partial charge in [-0.2, -0.15) is 10.2 Å². The minimum Gasteiger partial charge on any atom is -0.394 e. The fourth-order valence-corrected chi connectivity index (χ4v) is 1.70. The van der Waals surface area contributed by atoms with E-state index in [9.17, 15) is 40.2 Å². The second kappa shape index (κ2) is 14.0. The lowest BCUT2D eigenvalue weighted by Gasteiger charge is -2.23. The molecule has 30 heavy (non-hydrogen) atoms. The lowest BCUT2D eigenvalue weighted by molar-refractivity contribution is -0.139. The maximum atomic E-state index is 11.4. The molecule has 8 atom stereocenters. The van der Waals surface area contributed by atoms with Crippen LogP contribution in [0, 0.1) is 0 Å². The van der Waals surface area contributed by atoms with Gasteiger partial charge in [-0.05, 0) is 0 Å². The molecule has 0 rings (SSSR count). The molecule has 0 aliphatic heterocycles. The van der Waals surface area contributed by atoms with E-state index in [1.54, 1.807) is 10.9 Å². The number of carbonyl (C=O) groups is 2. The molecule has 0 spiro atoms. The van der Waals surface area contributed by atoms with Crippen molar-refractivity contribution in [3.8, 4) is 0 Å². The number of nitrogens with zero attached hydrogens (tertiary/aromatic N) is 2. The van der Waals surface area contributed by atoms with Crippen LogP contribution in [0.4, 0.5) is 0 Å². The van der Waals surface area contributed by atoms with Crippen LogP contribution in [0.1, 0.15) is 0 Å². The maximum absolute atomic E-state index is 11.4. The summed E-state index contributed by atoms with van der Waals surface area (Å²) in [5.41, 5.74) is 3.24. The third-order valence-corrected chi connectivity index (χ3v) is 3.56. The van der Waals surface area contributed by atoms with Crippen LogP contribution in [0.15, 0.2) is 10.2 Å².